The molecule has 0 aromatic heterocycles. The Hall–Kier alpha value is -4.62. The number of benzene rings is 3. The third-order valence-electron chi connectivity index (χ3n) is 4.51. The Kier molecular flexibility index (Phi) is 7.63. The minimum atomic E-state index is -3.98. The predicted octanol–water partition coefficient (Wildman–Crippen LogP) is 2.86. The minimum absolute atomic E-state index is 0.0107. The van der Waals surface area contributed by atoms with Crippen molar-refractivity contribution in [3.63, 3.8) is 0 Å². The van der Waals surface area contributed by atoms with Gasteiger partial charge in [-0.15, -0.1) is 0 Å². The quantitative estimate of drug-likeness (QED) is 0.272. The Morgan fingerprint density at radius 1 is 0.941 bits per heavy atom. The summed E-state index contributed by atoms with van der Waals surface area (Å²) in [6.45, 7) is 0. The average molecular weight is 477 g/mol. The van der Waals surface area contributed by atoms with Gasteiger partial charge in [0.15, 0.2) is 0 Å². The van der Waals surface area contributed by atoms with Crippen molar-refractivity contribution in [2.75, 3.05) is 11.8 Å². The summed E-state index contributed by atoms with van der Waals surface area (Å²) in [5.74, 6) is -1.00. The number of ether oxygens (including phenoxy) is 1. The molecule has 3 N–H and O–H groups in total. The number of methoxy groups -OCH3 is 1. The first-order chi connectivity index (χ1) is 16.3. The number of nitrogens with one attached hydrogen (secondary N) is 3. The second kappa shape index (κ2) is 10.8. The van der Waals surface area contributed by atoms with Crippen molar-refractivity contribution < 1.29 is 22.7 Å². The fraction of sp³-hybridized carbons (Fsp3) is 0.0417. The number of nitrogens with zero attached hydrogens (tertiary/aromatic N) is 1. The second-order valence-electron chi connectivity index (χ2n) is 6.85. The van der Waals surface area contributed by atoms with Crippen LogP contribution in [0.3, 0.4) is 0 Å². The Morgan fingerprint density at radius 3 is 2.29 bits per heavy atom. The number of hydrogen-bond acceptors (Lipinski definition) is 6. The number of sulfonamides is 1. The van der Waals surface area contributed by atoms with Gasteiger partial charge < -0.3 is 4.74 Å². The van der Waals surface area contributed by atoms with Gasteiger partial charge in [0, 0.05) is 11.3 Å². The van der Waals surface area contributed by atoms with Crippen LogP contribution in [0.15, 0.2) is 89.3 Å². The molecule has 10 heteroatoms. The normalized spacial score (nSPS) is 11.1. The monoisotopic (exact) mass is 476 g/mol. The third-order valence-corrected chi connectivity index (χ3v) is 5.89. The molecule has 0 aliphatic rings. The number of carbonyl (C=O) groups is 2. The van der Waals surface area contributed by atoms with E-state index in [4.69, 9.17) is 4.74 Å². The van der Waals surface area contributed by atoms with E-state index in [-0.39, 0.29) is 16.0 Å². The van der Waals surface area contributed by atoms with E-state index in [1.807, 2.05) is 0 Å². The highest BCUT2D eigenvalue weighted by Gasteiger charge is 2.17. The molecule has 9 nitrogen and oxygen atoms in total. The van der Waals surface area contributed by atoms with Crippen LogP contribution in [0.4, 0.5) is 5.69 Å². The van der Waals surface area contributed by atoms with Gasteiger partial charge in [0.2, 0.25) is 0 Å². The summed E-state index contributed by atoms with van der Waals surface area (Å²) in [7, 11) is -2.48. The Balaban J connectivity index is 1.68. The second-order valence-corrected chi connectivity index (χ2v) is 8.53. The lowest BCUT2D eigenvalue weighted by Crippen LogP contribution is -2.42. The number of anilines is 1. The van der Waals surface area contributed by atoms with E-state index in [0.717, 1.165) is 0 Å². The van der Waals surface area contributed by atoms with E-state index in [1.54, 1.807) is 48.5 Å². The molecule has 3 aromatic carbocycles. The van der Waals surface area contributed by atoms with Crippen LogP contribution in [0.1, 0.15) is 15.9 Å². The van der Waals surface area contributed by atoms with Crippen LogP contribution >= 0.6 is 0 Å². The Morgan fingerprint density at radius 2 is 1.65 bits per heavy atom. The van der Waals surface area contributed by atoms with Gasteiger partial charge in [-0.05, 0) is 54.1 Å². The molecule has 2 amide bonds. The van der Waals surface area contributed by atoms with Crippen molar-refractivity contribution in [3.8, 4) is 11.8 Å². The van der Waals surface area contributed by atoms with Gasteiger partial charge >= 0.3 is 0 Å². The van der Waals surface area contributed by atoms with Crippen molar-refractivity contribution >= 4 is 33.6 Å². The first-order valence-corrected chi connectivity index (χ1v) is 11.3. The lowest BCUT2D eigenvalue weighted by atomic mass is 10.1. The SMILES string of the molecule is COc1ccc(NS(=O)(=O)c2cccc(C(=O)NNC(=O)C(C#N)=Cc3ccccc3)c2)cc1. The summed E-state index contributed by atoms with van der Waals surface area (Å²) < 4.78 is 32.9. The van der Waals surface area contributed by atoms with Gasteiger partial charge in [-0.1, -0.05) is 36.4 Å². The summed E-state index contributed by atoms with van der Waals surface area (Å²) >= 11 is 0. The van der Waals surface area contributed by atoms with Gasteiger partial charge in [0.1, 0.15) is 17.4 Å². The zero-order valence-electron chi connectivity index (χ0n) is 18.0. The highest BCUT2D eigenvalue weighted by atomic mass is 32.2. The summed E-state index contributed by atoms with van der Waals surface area (Å²) in [4.78, 5) is 24.6. The van der Waals surface area contributed by atoms with E-state index in [9.17, 15) is 23.3 Å². The van der Waals surface area contributed by atoms with Gasteiger partial charge in [-0.25, -0.2) is 8.42 Å². The Labute approximate surface area is 196 Å². The molecule has 0 saturated carbocycles. The van der Waals surface area contributed by atoms with E-state index < -0.39 is 21.8 Å². The zero-order valence-corrected chi connectivity index (χ0v) is 18.8. The molecule has 3 rings (SSSR count). The number of hydrazine groups is 1. The molecule has 34 heavy (non-hydrogen) atoms. The van der Waals surface area contributed by atoms with E-state index in [1.165, 1.54) is 49.6 Å². The molecule has 0 unspecified atom stereocenters. The molecule has 0 spiro atoms. The summed E-state index contributed by atoms with van der Waals surface area (Å²) in [5.41, 5.74) is 5.07. The van der Waals surface area contributed by atoms with E-state index in [2.05, 4.69) is 15.6 Å². The first kappa shape index (κ1) is 24.0. The summed E-state index contributed by atoms with van der Waals surface area (Å²) in [6.07, 6.45) is 1.37. The van der Waals surface area contributed by atoms with Crippen LogP contribution in [-0.4, -0.2) is 27.3 Å². The lowest BCUT2D eigenvalue weighted by molar-refractivity contribution is -0.117. The predicted molar refractivity (Wildman–Crippen MR) is 126 cm³/mol. The fourth-order valence-corrected chi connectivity index (χ4v) is 3.90. The molecular formula is C24H20N4O5S. The largest absolute Gasteiger partial charge is 0.497 e. The topological polar surface area (TPSA) is 137 Å². The molecule has 0 fully saturated rings. The molecule has 0 bridgehead atoms. The molecule has 0 aliphatic heterocycles. The van der Waals surface area contributed by atoms with Crippen molar-refractivity contribution in [1.29, 1.82) is 5.26 Å². The van der Waals surface area contributed by atoms with E-state index >= 15 is 0 Å². The number of nitriles is 1. The lowest BCUT2D eigenvalue weighted by Gasteiger charge is -2.11. The smallest absolute Gasteiger partial charge is 0.280 e. The van der Waals surface area contributed by atoms with Crippen LogP contribution in [0, 0.1) is 11.3 Å². The maximum atomic E-state index is 12.7. The van der Waals surface area contributed by atoms with Crippen LogP contribution in [0.25, 0.3) is 6.08 Å². The summed E-state index contributed by atoms with van der Waals surface area (Å²) in [5, 5.41) is 9.24. The Bertz CT molecular complexity index is 1360. The fourth-order valence-electron chi connectivity index (χ4n) is 2.80. The number of hydrogen-bond donors (Lipinski definition) is 3. The molecule has 0 radical (unpaired) electrons. The number of rotatable bonds is 7. The first-order valence-electron chi connectivity index (χ1n) is 9.87. The van der Waals surface area contributed by atoms with Crippen molar-refractivity contribution in [3.05, 3.63) is 95.6 Å². The van der Waals surface area contributed by atoms with Gasteiger partial charge in [0.25, 0.3) is 21.8 Å². The van der Waals surface area contributed by atoms with Crippen LogP contribution in [0.2, 0.25) is 0 Å². The highest BCUT2D eigenvalue weighted by Crippen LogP contribution is 2.20. The minimum Gasteiger partial charge on any atom is -0.497 e. The van der Waals surface area contributed by atoms with Crippen molar-refractivity contribution in [2.45, 2.75) is 4.90 Å². The molecule has 0 atom stereocenters. The van der Waals surface area contributed by atoms with Crippen molar-refractivity contribution in [1.82, 2.24) is 10.9 Å². The van der Waals surface area contributed by atoms with Gasteiger partial charge in [-0.3, -0.25) is 25.2 Å². The van der Waals surface area contributed by atoms with Gasteiger partial charge in [-0.2, -0.15) is 5.26 Å². The van der Waals surface area contributed by atoms with E-state index in [0.29, 0.717) is 17.0 Å². The summed E-state index contributed by atoms with van der Waals surface area (Å²) in [6, 6.07) is 22.1. The van der Waals surface area contributed by atoms with Crippen LogP contribution < -0.4 is 20.3 Å². The molecule has 0 saturated heterocycles. The molecule has 3 aromatic rings. The van der Waals surface area contributed by atoms with Crippen LogP contribution in [-0.2, 0) is 14.8 Å². The highest BCUT2D eigenvalue weighted by molar-refractivity contribution is 7.92. The van der Waals surface area contributed by atoms with Crippen LogP contribution in [0.5, 0.6) is 5.75 Å². The molecule has 0 aliphatic carbocycles. The molecule has 0 heterocycles. The zero-order chi connectivity index (χ0) is 24.6. The maximum absolute atomic E-state index is 12.7. The maximum Gasteiger partial charge on any atom is 0.280 e. The number of amides is 2. The average Bonchev–Trinajstić information content (AvgIpc) is 2.86. The van der Waals surface area contributed by atoms with Gasteiger partial charge in [0.05, 0.1) is 12.0 Å². The molecule has 172 valence electrons. The molecular weight excluding hydrogens is 456 g/mol. The number of carbonyl (C=O) groups excluding carboxylic acids is 2. The standard InChI is InChI=1S/C24H20N4O5S/c1-33-21-12-10-20(11-13-21)28-34(31,32)22-9-5-8-18(15-22)23(29)26-27-24(30)19(16-25)14-17-6-3-2-4-7-17/h2-15,28H,1H3,(H,26,29)(H,27,30). The third kappa shape index (κ3) is 6.21. The van der Waals surface area contributed by atoms with Crippen molar-refractivity contribution in [2.24, 2.45) is 0 Å².